The average molecular weight is 532 g/mol. The van der Waals surface area contributed by atoms with Gasteiger partial charge in [-0.2, -0.15) is 8.42 Å². The van der Waals surface area contributed by atoms with E-state index in [2.05, 4.69) is 15.9 Å². The standard InChI is InChI=1S/C25H26BrNO5S/c1-18-8-14-23(15-9-18)33(30,31)32-22-12-10-21(11-13-22)24(28)17-27(25(29)16-26)19(2)20-6-4-3-5-7-20/h3-15,19,24,28H,16-17H2,1-2H3/t19-,24-/m1/s1. The Labute approximate surface area is 203 Å². The van der Waals surface area contributed by atoms with Gasteiger partial charge in [0.2, 0.25) is 5.91 Å². The fraction of sp³-hybridized carbons (Fsp3) is 0.240. The maximum Gasteiger partial charge on any atom is 0.339 e. The number of benzene rings is 3. The van der Waals surface area contributed by atoms with Crippen LogP contribution in [0, 0.1) is 6.92 Å². The van der Waals surface area contributed by atoms with Crippen molar-refractivity contribution in [1.82, 2.24) is 4.90 Å². The molecule has 3 rings (SSSR count). The van der Waals surface area contributed by atoms with Crippen LogP contribution in [-0.2, 0) is 14.9 Å². The molecular weight excluding hydrogens is 506 g/mol. The summed E-state index contributed by atoms with van der Waals surface area (Å²) in [5.41, 5.74) is 2.45. The van der Waals surface area contributed by atoms with Crippen LogP contribution in [0.4, 0.5) is 0 Å². The summed E-state index contributed by atoms with van der Waals surface area (Å²) >= 11 is 3.22. The Morgan fingerprint density at radius 3 is 2.15 bits per heavy atom. The van der Waals surface area contributed by atoms with E-state index in [1.54, 1.807) is 29.2 Å². The minimum Gasteiger partial charge on any atom is -0.387 e. The van der Waals surface area contributed by atoms with E-state index >= 15 is 0 Å². The molecule has 2 atom stereocenters. The van der Waals surface area contributed by atoms with E-state index in [1.807, 2.05) is 44.2 Å². The van der Waals surface area contributed by atoms with Crippen LogP contribution in [0.25, 0.3) is 0 Å². The van der Waals surface area contributed by atoms with Crippen molar-refractivity contribution < 1.29 is 22.5 Å². The van der Waals surface area contributed by atoms with Crippen molar-refractivity contribution in [2.75, 3.05) is 11.9 Å². The topological polar surface area (TPSA) is 83.9 Å². The number of hydrogen-bond acceptors (Lipinski definition) is 5. The number of hydrogen-bond donors (Lipinski definition) is 1. The second kappa shape index (κ2) is 11.0. The third-order valence-corrected chi connectivity index (χ3v) is 7.08. The average Bonchev–Trinajstić information content (AvgIpc) is 2.82. The van der Waals surface area contributed by atoms with Crippen LogP contribution in [-0.4, -0.2) is 36.2 Å². The number of aliphatic hydroxyl groups excluding tert-OH is 1. The molecule has 33 heavy (non-hydrogen) atoms. The minimum atomic E-state index is -3.96. The Morgan fingerprint density at radius 1 is 0.970 bits per heavy atom. The zero-order valence-electron chi connectivity index (χ0n) is 18.4. The maximum absolute atomic E-state index is 12.5. The normalized spacial score (nSPS) is 13.2. The van der Waals surface area contributed by atoms with E-state index in [4.69, 9.17) is 4.18 Å². The van der Waals surface area contributed by atoms with Gasteiger partial charge in [0.05, 0.1) is 24.0 Å². The summed E-state index contributed by atoms with van der Waals surface area (Å²) in [5, 5.41) is 10.9. The largest absolute Gasteiger partial charge is 0.387 e. The zero-order valence-corrected chi connectivity index (χ0v) is 20.8. The number of aliphatic hydroxyl groups is 1. The number of rotatable bonds is 9. The van der Waals surface area contributed by atoms with E-state index in [-0.39, 0.29) is 34.5 Å². The van der Waals surface area contributed by atoms with Crippen LogP contribution in [0.3, 0.4) is 0 Å². The molecule has 174 valence electrons. The van der Waals surface area contributed by atoms with Crippen molar-refractivity contribution in [3.8, 4) is 5.75 Å². The molecule has 0 aliphatic carbocycles. The van der Waals surface area contributed by atoms with Gasteiger partial charge in [0.25, 0.3) is 0 Å². The van der Waals surface area contributed by atoms with E-state index in [1.165, 1.54) is 24.3 Å². The summed E-state index contributed by atoms with van der Waals surface area (Å²) < 4.78 is 30.2. The third-order valence-electron chi connectivity index (χ3n) is 5.33. The van der Waals surface area contributed by atoms with Crippen LogP contribution >= 0.6 is 15.9 Å². The summed E-state index contributed by atoms with van der Waals surface area (Å²) in [4.78, 5) is 14.2. The van der Waals surface area contributed by atoms with Crippen molar-refractivity contribution in [3.05, 3.63) is 95.6 Å². The summed E-state index contributed by atoms with van der Waals surface area (Å²) in [6.07, 6.45) is -0.957. The van der Waals surface area contributed by atoms with Crippen molar-refractivity contribution >= 4 is 32.0 Å². The lowest BCUT2D eigenvalue weighted by molar-refractivity contribution is -0.132. The van der Waals surface area contributed by atoms with E-state index in [0.717, 1.165) is 11.1 Å². The molecule has 0 radical (unpaired) electrons. The van der Waals surface area contributed by atoms with Gasteiger partial charge in [0, 0.05) is 0 Å². The molecule has 1 amide bonds. The smallest absolute Gasteiger partial charge is 0.339 e. The highest BCUT2D eigenvalue weighted by atomic mass is 79.9. The molecule has 6 nitrogen and oxygen atoms in total. The number of halogens is 1. The Hall–Kier alpha value is -2.68. The molecule has 0 saturated heterocycles. The molecular formula is C25H26BrNO5S. The molecule has 3 aromatic carbocycles. The Balaban J connectivity index is 1.72. The van der Waals surface area contributed by atoms with Crippen molar-refractivity contribution in [2.45, 2.75) is 30.9 Å². The molecule has 0 bridgehead atoms. The molecule has 8 heteroatoms. The second-order valence-corrected chi connectivity index (χ2v) is 9.81. The Kier molecular flexibility index (Phi) is 8.29. The number of aryl methyl sites for hydroxylation is 1. The lowest BCUT2D eigenvalue weighted by Gasteiger charge is -2.31. The van der Waals surface area contributed by atoms with Gasteiger partial charge in [-0.3, -0.25) is 4.79 Å². The Bertz CT molecular complexity index is 1170. The highest BCUT2D eigenvalue weighted by Crippen LogP contribution is 2.26. The monoisotopic (exact) mass is 531 g/mol. The number of nitrogens with zero attached hydrogens (tertiary/aromatic N) is 1. The van der Waals surface area contributed by atoms with Crippen LogP contribution < -0.4 is 4.18 Å². The Morgan fingerprint density at radius 2 is 1.58 bits per heavy atom. The predicted molar refractivity (Wildman–Crippen MR) is 131 cm³/mol. The van der Waals surface area contributed by atoms with Crippen molar-refractivity contribution in [1.29, 1.82) is 0 Å². The number of amides is 1. The number of carbonyl (C=O) groups excluding carboxylic acids is 1. The van der Waals surface area contributed by atoms with Gasteiger partial charge < -0.3 is 14.2 Å². The lowest BCUT2D eigenvalue weighted by Crippen LogP contribution is -2.37. The highest BCUT2D eigenvalue weighted by molar-refractivity contribution is 9.09. The SMILES string of the molecule is Cc1ccc(S(=O)(=O)Oc2ccc([C@H](O)CN(C(=O)CBr)[C@H](C)c3ccccc3)cc2)cc1. The van der Waals surface area contributed by atoms with Gasteiger partial charge in [-0.15, -0.1) is 0 Å². The number of carbonyl (C=O) groups is 1. The minimum absolute atomic E-state index is 0.0658. The van der Waals surface area contributed by atoms with E-state index < -0.39 is 16.2 Å². The van der Waals surface area contributed by atoms with Gasteiger partial charge in [0.1, 0.15) is 10.6 Å². The first-order chi connectivity index (χ1) is 15.7. The molecule has 0 unspecified atom stereocenters. The molecule has 0 heterocycles. The molecule has 0 spiro atoms. The third kappa shape index (κ3) is 6.43. The van der Waals surface area contributed by atoms with Crippen LogP contribution in [0.1, 0.15) is 35.8 Å². The molecule has 0 fully saturated rings. The van der Waals surface area contributed by atoms with Gasteiger partial charge in [-0.05, 0) is 49.2 Å². The molecule has 0 saturated carbocycles. The lowest BCUT2D eigenvalue weighted by atomic mass is 10.0. The molecule has 0 aliphatic rings. The zero-order chi connectivity index (χ0) is 24.0. The summed E-state index contributed by atoms with van der Waals surface area (Å²) in [5.74, 6) is -0.00730. The first-order valence-corrected chi connectivity index (χ1v) is 12.9. The van der Waals surface area contributed by atoms with Crippen LogP contribution in [0.5, 0.6) is 5.75 Å². The van der Waals surface area contributed by atoms with Crippen LogP contribution in [0.15, 0.2) is 83.8 Å². The van der Waals surface area contributed by atoms with E-state index in [0.29, 0.717) is 5.56 Å². The quantitative estimate of drug-likeness (QED) is 0.317. The fourth-order valence-electron chi connectivity index (χ4n) is 3.38. The predicted octanol–water partition coefficient (Wildman–Crippen LogP) is 4.78. The molecule has 0 aliphatic heterocycles. The van der Waals surface area contributed by atoms with Crippen LogP contribution in [0.2, 0.25) is 0 Å². The highest BCUT2D eigenvalue weighted by Gasteiger charge is 2.24. The maximum atomic E-state index is 12.5. The van der Waals surface area contributed by atoms with E-state index in [9.17, 15) is 18.3 Å². The van der Waals surface area contributed by atoms with Gasteiger partial charge >= 0.3 is 10.1 Å². The first kappa shape index (κ1) is 25.0. The van der Waals surface area contributed by atoms with Crippen molar-refractivity contribution in [2.24, 2.45) is 0 Å². The second-order valence-electron chi connectivity index (χ2n) is 7.70. The van der Waals surface area contributed by atoms with Gasteiger partial charge in [-0.1, -0.05) is 76.1 Å². The number of alkyl halides is 1. The molecule has 3 aromatic rings. The summed E-state index contributed by atoms with van der Waals surface area (Å²) in [7, 11) is -3.96. The summed E-state index contributed by atoms with van der Waals surface area (Å²) in [6, 6.07) is 21.9. The van der Waals surface area contributed by atoms with Gasteiger partial charge in [-0.25, -0.2) is 0 Å². The van der Waals surface area contributed by atoms with Crippen molar-refractivity contribution in [3.63, 3.8) is 0 Å². The van der Waals surface area contributed by atoms with Gasteiger partial charge in [0.15, 0.2) is 0 Å². The first-order valence-electron chi connectivity index (χ1n) is 10.4. The molecule has 1 N–H and O–H groups in total. The fourth-order valence-corrected chi connectivity index (χ4v) is 4.63. The molecule has 0 aromatic heterocycles. The summed E-state index contributed by atoms with van der Waals surface area (Å²) in [6.45, 7) is 3.87.